The number of carboxylic acids is 1. The molecular formula is C13H11FN2O3. The van der Waals surface area contributed by atoms with E-state index in [9.17, 15) is 14.0 Å². The Labute approximate surface area is 108 Å². The van der Waals surface area contributed by atoms with Gasteiger partial charge < -0.3 is 10.0 Å². The summed E-state index contributed by atoms with van der Waals surface area (Å²) < 4.78 is 13.6. The van der Waals surface area contributed by atoms with Crippen molar-refractivity contribution in [2.45, 2.75) is 0 Å². The Morgan fingerprint density at radius 3 is 2.74 bits per heavy atom. The molecule has 0 radical (unpaired) electrons. The van der Waals surface area contributed by atoms with Gasteiger partial charge in [0, 0.05) is 12.4 Å². The fraction of sp³-hybridized carbons (Fsp3) is 0.154. The number of aromatic nitrogens is 1. The van der Waals surface area contributed by atoms with Gasteiger partial charge in [-0.1, -0.05) is 18.2 Å². The van der Waals surface area contributed by atoms with Crippen molar-refractivity contribution in [1.82, 2.24) is 9.88 Å². The summed E-state index contributed by atoms with van der Waals surface area (Å²) >= 11 is 0. The molecule has 1 amide bonds. The predicted molar refractivity (Wildman–Crippen MR) is 66.3 cm³/mol. The molecule has 0 saturated heterocycles. The minimum Gasteiger partial charge on any atom is -0.480 e. The lowest BCUT2D eigenvalue weighted by molar-refractivity contribution is -0.137. The zero-order valence-corrected chi connectivity index (χ0v) is 10.1. The first-order valence-electron chi connectivity index (χ1n) is 5.51. The Hall–Kier alpha value is -2.50. The van der Waals surface area contributed by atoms with Gasteiger partial charge in [-0.3, -0.25) is 9.59 Å². The fourth-order valence-electron chi connectivity index (χ4n) is 1.70. The molecule has 98 valence electrons. The maximum absolute atomic E-state index is 13.6. The van der Waals surface area contributed by atoms with Crippen LogP contribution in [0, 0.1) is 5.82 Å². The van der Waals surface area contributed by atoms with Crippen LogP contribution < -0.4 is 0 Å². The topological polar surface area (TPSA) is 70.5 Å². The number of carbonyl (C=O) groups excluding carboxylic acids is 1. The van der Waals surface area contributed by atoms with Crippen molar-refractivity contribution in [3.05, 3.63) is 41.8 Å². The minimum absolute atomic E-state index is 0.0151. The van der Waals surface area contributed by atoms with Crippen LogP contribution in [0.25, 0.3) is 10.9 Å². The highest BCUT2D eigenvalue weighted by molar-refractivity contribution is 5.96. The molecule has 0 aliphatic rings. The summed E-state index contributed by atoms with van der Waals surface area (Å²) in [7, 11) is 1.35. The smallest absolute Gasteiger partial charge is 0.323 e. The van der Waals surface area contributed by atoms with Gasteiger partial charge in [-0.15, -0.1) is 0 Å². The zero-order valence-electron chi connectivity index (χ0n) is 10.1. The van der Waals surface area contributed by atoms with Gasteiger partial charge in [0.1, 0.15) is 23.6 Å². The van der Waals surface area contributed by atoms with Gasteiger partial charge in [0.25, 0.3) is 5.91 Å². The monoisotopic (exact) mass is 262 g/mol. The molecule has 5 nitrogen and oxygen atoms in total. The number of benzene rings is 1. The van der Waals surface area contributed by atoms with E-state index in [2.05, 4.69) is 4.98 Å². The van der Waals surface area contributed by atoms with Gasteiger partial charge in [0.05, 0.1) is 0 Å². The lowest BCUT2D eigenvalue weighted by Gasteiger charge is -2.14. The maximum atomic E-state index is 13.6. The van der Waals surface area contributed by atoms with Crippen molar-refractivity contribution in [3.63, 3.8) is 0 Å². The molecule has 0 aliphatic heterocycles. The number of nitrogens with zero attached hydrogens (tertiary/aromatic N) is 2. The first kappa shape index (κ1) is 12.9. The number of amides is 1. The van der Waals surface area contributed by atoms with Crippen LogP contribution in [0.15, 0.2) is 30.3 Å². The van der Waals surface area contributed by atoms with E-state index in [1.54, 1.807) is 18.2 Å². The molecule has 2 rings (SSSR count). The first-order chi connectivity index (χ1) is 8.99. The van der Waals surface area contributed by atoms with Gasteiger partial charge in [-0.25, -0.2) is 9.37 Å². The maximum Gasteiger partial charge on any atom is 0.323 e. The number of aliphatic carboxylic acids is 1. The standard InChI is InChI=1S/C13H11FN2O3/c1-16(7-11(17)18)13(19)10-6-5-8-3-2-4-9(14)12(8)15-10/h2-6H,7H2,1H3,(H,17,18). The lowest BCUT2D eigenvalue weighted by atomic mass is 10.2. The number of likely N-dealkylation sites (N-methyl/N-ethyl adjacent to an activating group) is 1. The molecule has 0 bridgehead atoms. The molecule has 1 aromatic heterocycles. The third-order valence-electron chi connectivity index (χ3n) is 2.61. The molecule has 19 heavy (non-hydrogen) atoms. The van der Waals surface area contributed by atoms with Crippen LogP contribution in [0.3, 0.4) is 0 Å². The van der Waals surface area contributed by atoms with Gasteiger partial charge in [-0.2, -0.15) is 0 Å². The van der Waals surface area contributed by atoms with Crippen LogP contribution in [0.5, 0.6) is 0 Å². The van der Waals surface area contributed by atoms with Crippen molar-refractivity contribution in [3.8, 4) is 0 Å². The van der Waals surface area contributed by atoms with Crippen LogP contribution in [-0.2, 0) is 4.79 Å². The normalized spacial score (nSPS) is 10.4. The second-order valence-electron chi connectivity index (χ2n) is 4.06. The van der Waals surface area contributed by atoms with E-state index < -0.39 is 24.2 Å². The lowest BCUT2D eigenvalue weighted by Crippen LogP contribution is -2.32. The largest absolute Gasteiger partial charge is 0.480 e. The molecule has 0 aliphatic carbocycles. The number of fused-ring (bicyclic) bond motifs is 1. The highest BCUT2D eigenvalue weighted by atomic mass is 19.1. The Bertz CT molecular complexity index is 657. The summed E-state index contributed by atoms with van der Waals surface area (Å²) in [5.74, 6) is -2.21. The van der Waals surface area contributed by atoms with Crippen molar-refractivity contribution >= 4 is 22.8 Å². The van der Waals surface area contributed by atoms with E-state index >= 15 is 0 Å². The SMILES string of the molecule is CN(CC(=O)O)C(=O)c1ccc2cccc(F)c2n1. The number of halogens is 1. The van der Waals surface area contributed by atoms with E-state index in [4.69, 9.17) is 5.11 Å². The van der Waals surface area contributed by atoms with Crippen LogP contribution >= 0.6 is 0 Å². The number of carboxylic acid groups (broad SMARTS) is 1. The first-order valence-corrected chi connectivity index (χ1v) is 5.51. The molecule has 6 heteroatoms. The quantitative estimate of drug-likeness (QED) is 0.910. The fourth-order valence-corrected chi connectivity index (χ4v) is 1.70. The number of rotatable bonds is 3. The van der Waals surface area contributed by atoms with Gasteiger partial charge in [0.2, 0.25) is 0 Å². The van der Waals surface area contributed by atoms with E-state index in [0.29, 0.717) is 5.39 Å². The highest BCUT2D eigenvalue weighted by Gasteiger charge is 2.16. The predicted octanol–water partition coefficient (Wildman–Crippen LogP) is 1.53. The van der Waals surface area contributed by atoms with Crippen LogP contribution in [0.1, 0.15) is 10.5 Å². The summed E-state index contributed by atoms with van der Waals surface area (Å²) in [6, 6.07) is 7.51. The Kier molecular flexibility index (Phi) is 3.41. The summed E-state index contributed by atoms with van der Waals surface area (Å²) in [5.41, 5.74) is 0.110. The van der Waals surface area contributed by atoms with Gasteiger partial charge in [-0.05, 0) is 12.1 Å². The van der Waals surface area contributed by atoms with Crippen molar-refractivity contribution in [1.29, 1.82) is 0 Å². The molecule has 0 atom stereocenters. The molecule has 0 saturated carbocycles. The Balaban J connectivity index is 2.38. The van der Waals surface area contributed by atoms with E-state index in [-0.39, 0.29) is 11.2 Å². The van der Waals surface area contributed by atoms with Gasteiger partial charge >= 0.3 is 5.97 Å². The van der Waals surface area contributed by atoms with Crippen LogP contribution in [0.2, 0.25) is 0 Å². The van der Waals surface area contributed by atoms with E-state index in [0.717, 1.165) is 4.90 Å². The van der Waals surface area contributed by atoms with E-state index in [1.807, 2.05) is 0 Å². The van der Waals surface area contributed by atoms with Gasteiger partial charge in [0.15, 0.2) is 0 Å². The number of para-hydroxylation sites is 1. The summed E-state index contributed by atoms with van der Waals surface area (Å²) in [4.78, 5) is 27.4. The molecule has 0 unspecified atom stereocenters. The zero-order chi connectivity index (χ0) is 14.0. The second kappa shape index (κ2) is 5.01. The second-order valence-corrected chi connectivity index (χ2v) is 4.06. The Morgan fingerprint density at radius 2 is 2.05 bits per heavy atom. The Morgan fingerprint density at radius 1 is 1.32 bits per heavy atom. The van der Waals surface area contributed by atoms with Crippen molar-refractivity contribution in [2.24, 2.45) is 0 Å². The summed E-state index contributed by atoms with van der Waals surface area (Å²) in [6.07, 6.45) is 0. The molecular weight excluding hydrogens is 251 g/mol. The van der Waals surface area contributed by atoms with Crippen LogP contribution in [0.4, 0.5) is 4.39 Å². The average molecular weight is 262 g/mol. The number of carbonyl (C=O) groups is 2. The van der Waals surface area contributed by atoms with E-state index in [1.165, 1.54) is 19.2 Å². The number of hydrogen-bond acceptors (Lipinski definition) is 3. The number of pyridine rings is 1. The summed E-state index contributed by atoms with van der Waals surface area (Å²) in [6.45, 7) is -0.435. The third-order valence-corrected chi connectivity index (χ3v) is 2.61. The molecule has 1 N–H and O–H groups in total. The molecule has 0 spiro atoms. The van der Waals surface area contributed by atoms with Crippen molar-refractivity contribution in [2.75, 3.05) is 13.6 Å². The number of hydrogen-bond donors (Lipinski definition) is 1. The minimum atomic E-state index is -1.12. The molecule has 1 heterocycles. The van der Waals surface area contributed by atoms with Crippen molar-refractivity contribution < 1.29 is 19.1 Å². The molecule has 1 aromatic carbocycles. The molecule has 2 aromatic rings. The highest BCUT2D eigenvalue weighted by Crippen LogP contribution is 2.16. The average Bonchev–Trinajstić information content (AvgIpc) is 2.37. The third kappa shape index (κ3) is 2.67. The molecule has 0 fully saturated rings. The van der Waals surface area contributed by atoms with Crippen LogP contribution in [-0.4, -0.2) is 40.5 Å². The summed E-state index contributed by atoms with van der Waals surface area (Å²) in [5, 5.41) is 9.20.